The molecule has 1 amide bonds. The lowest BCUT2D eigenvalue weighted by atomic mass is 10.3. The van der Waals surface area contributed by atoms with Gasteiger partial charge in [-0.3, -0.25) is 4.79 Å². The normalized spacial score (nSPS) is 13.1. The molecule has 1 aromatic rings. The minimum absolute atomic E-state index is 0.00547. The number of hydrogen-bond acceptors (Lipinski definition) is 4. The van der Waals surface area contributed by atoms with Crippen molar-refractivity contribution in [1.29, 1.82) is 0 Å². The number of benzene rings is 1. The lowest BCUT2D eigenvalue weighted by Gasteiger charge is -2.18. The lowest BCUT2D eigenvalue weighted by molar-refractivity contribution is -0.130. The predicted molar refractivity (Wildman–Crippen MR) is 77.0 cm³/mol. The minimum atomic E-state index is -3.82. The van der Waals surface area contributed by atoms with Gasteiger partial charge in [-0.1, -0.05) is 0 Å². The van der Waals surface area contributed by atoms with Crippen LogP contribution >= 0.6 is 15.9 Å². The molecule has 1 aromatic carbocycles. The van der Waals surface area contributed by atoms with Crippen molar-refractivity contribution in [3.05, 3.63) is 22.7 Å². The summed E-state index contributed by atoms with van der Waals surface area (Å²) in [6.07, 6.45) is 0. The van der Waals surface area contributed by atoms with E-state index in [2.05, 4.69) is 20.7 Å². The van der Waals surface area contributed by atoms with Crippen molar-refractivity contribution in [2.45, 2.75) is 17.9 Å². The lowest BCUT2D eigenvalue weighted by Crippen LogP contribution is -2.44. The zero-order valence-corrected chi connectivity index (χ0v) is 13.2. The number of carbonyl (C=O) groups excluding carboxylic acids is 1. The number of likely N-dealkylation sites (N-methyl/N-ethyl adjacent to an activating group) is 1. The van der Waals surface area contributed by atoms with Crippen LogP contribution in [0.3, 0.4) is 0 Å². The number of hydrogen-bond donors (Lipinski definition) is 2. The molecule has 0 aliphatic heterocycles. The third-order valence-corrected chi connectivity index (χ3v) is 4.92. The van der Waals surface area contributed by atoms with Gasteiger partial charge in [-0.15, -0.1) is 0 Å². The average molecular weight is 350 g/mol. The molecule has 0 saturated carbocycles. The van der Waals surface area contributed by atoms with Gasteiger partial charge in [-0.05, 0) is 41.1 Å². The van der Waals surface area contributed by atoms with Crippen LogP contribution in [0.2, 0.25) is 0 Å². The molecule has 0 bridgehead atoms. The SMILES string of the molecule is CC(NS(=O)(=O)c1cc(N)ccc1Br)C(=O)N(C)C. The summed E-state index contributed by atoms with van der Waals surface area (Å²) in [5, 5.41) is 0. The number of carbonyl (C=O) groups is 1. The maximum absolute atomic E-state index is 12.2. The van der Waals surface area contributed by atoms with E-state index in [0.29, 0.717) is 10.2 Å². The Hall–Kier alpha value is -1.12. The average Bonchev–Trinajstić information content (AvgIpc) is 2.30. The second kappa shape index (κ2) is 5.89. The van der Waals surface area contributed by atoms with Crippen LogP contribution in [0.25, 0.3) is 0 Å². The third-order valence-electron chi connectivity index (χ3n) is 2.39. The highest BCUT2D eigenvalue weighted by atomic mass is 79.9. The maximum Gasteiger partial charge on any atom is 0.242 e. The number of amides is 1. The molecule has 0 saturated heterocycles. The molecule has 1 atom stereocenters. The van der Waals surface area contributed by atoms with E-state index in [0.717, 1.165) is 0 Å². The van der Waals surface area contributed by atoms with Gasteiger partial charge in [0, 0.05) is 24.3 Å². The van der Waals surface area contributed by atoms with Gasteiger partial charge in [0.2, 0.25) is 15.9 Å². The van der Waals surface area contributed by atoms with Gasteiger partial charge in [0.05, 0.1) is 10.9 Å². The largest absolute Gasteiger partial charge is 0.399 e. The molecular weight excluding hydrogens is 334 g/mol. The number of anilines is 1. The Balaban J connectivity index is 3.05. The van der Waals surface area contributed by atoms with E-state index < -0.39 is 16.1 Å². The van der Waals surface area contributed by atoms with Crippen LogP contribution in [0, 0.1) is 0 Å². The van der Waals surface area contributed by atoms with Gasteiger partial charge in [0.25, 0.3) is 0 Å². The third kappa shape index (κ3) is 3.92. The molecule has 0 fully saturated rings. The number of nitrogens with two attached hydrogens (primary N) is 1. The second-order valence-corrected chi connectivity index (χ2v) is 6.80. The fourth-order valence-corrected chi connectivity index (χ4v) is 3.65. The van der Waals surface area contributed by atoms with E-state index in [1.165, 1.54) is 17.9 Å². The highest BCUT2D eigenvalue weighted by Gasteiger charge is 2.24. The Morgan fingerprint density at radius 3 is 2.53 bits per heavy atom. The number of nitrogen functional groups attached to an aromatic ring is 1. The molecule has 19 heavy (non-hydrogen) atoms. The Morgan fingerprint density at radius 1 is 1.42 bits per heavy atom. The topological polar surface area (TPSA) is 92.5 Å². The highest BCUT2D eigenvalue weighted by Crippen LogP contribution is 2.24. The summed E-state index contributed by atoms with van der Waals surface area (Å²) in [5.41, 5.74) is 5.90. The van der Waals surface area contributed by atoms with Crippen molar-refractivity contribution in [3.8, 4) is 0 Å². The fourth-order valence-electron chi connectivity index (χ4n) is 1.46. The van der Waals surface area contributed by atoms with Crippen molar-refractivity contribution in [2.24, 2.45) is 0 Å². The number of nitrogens with zero attached hydrogens (tertiary/aromatic N) is 1. The fraction of sp³-hybridized carbons (Fsp3) is 0.364. The zero-order chi connectivity index (χ0) is 14.8. The van der Waals surface area contributed by atoms with E-state index in [1.807, 2.05) is 0 Å². The van der Waals surface area contributed by atoms with E-state index in [9.17, 15) is 13.2 Å². The standard InChI is InChI=1S/C11H16BrN3O3S/c1-7(11(16)15(2)3)14-19(17,18)10-6-8(13)4-5-9(10)12/h4-7,14H,13H2,1-3H3. The molecule has 0 aromatic heterocycles. The molecule has 0 spiro atoms. The first kappa shape index (κ1) is 15.9. The highest BCUT2D eigenvalue weighted by molar-refractivity contribution is 9.10. The first-order valence-electron chi connectivity index (χ1n) is 5.43. The number of rotatable bonds is 4. The summed E-state index contributed by atoms with van der Waals surface area (Å²) in [5.74, 6) is -0.330. The van der Waals surface area contributed by atoms with Crippen LogP contribution in [0.5, 0.6) is 0 Å². The van der Waals surface area contributed by atoms with Crippen molar-refractivity contribution < 1.29 is 13.2 Å². The molecule has 0 aliphatic carbocycles. The molecule has 6 nitrogen and oxygen atoms in total. The summed E-state index contributed by atoms with van der Waals surface area (Å²) in [7, 11) is -0.697. The molecule has 1 unspecified atom stereocenters. The molecule has 0 radical (unpaired) electrons. The number of sulfonamides is 1. The molecule has 3 N–H and O–H groups in total. The first-order valence-corrected chi connectivity index (χ1v) is 7.71. The summed E-state index contributed by atoms with van der Waals surface area (Å²) in [4.78, 5) is 13.0. The molecule has 106 valence electrons. The summed E-state index contributed by atoms with van der Waals surface area (Å²) < 4.78 is 27.1. The van der Waals surface area contributed by atoms with Crippen LogP contribution in [-0.2, 0) is 14.8 Å². The van der Waals surface area contributed by atoms with E-state index in [4.69, 9.17) is 5.73 Å². The Labute approximate surface area is 121 Å². The van der Waals surface area contributed by atoms with Crippen molar-refractivity contribution >= 4 is 37.5 Å². The predicted octanol–water partition coefficient (Wildman–Crippen LogP) is 0.786. The van der Waals surface area contributed by atoms with Gasteiger partial charge in [0.15, 0.2) is 0 Å². The van der Waals surface area contributed by atoms with Gasteiger partial charge < -0.3 is 10.6 Å². The monoisotopic (exact) mass is 349 g/mol. The minimum Gasteiger partial charge on any atom is -0.399 e. The number of halogens is 1. The molecule has 0 heterocycles. The van der Waals surface area contributed by atoms with Gasteiger partial charge in [0.1, 0.15) is 0 Å². The van der Waals surface area contributed by atoms with Crippen molar-refractivity contribution in [1.82, 2.24) is 9.62 Å². The van der Waals surface area contributed by atoms with Gasteiger partial charge in [-0.25, -0.2) is 8.42 Å². The van der Waals surface area contributed by atoms with Gasteiger partial charge >= 0.3 is 0 Å². The van der Waals surface area contributed by atoms with Crippen LogP contribution in [0.1, 0.15) is 6.92 Å². The second-order valence-electron chi connectivity index (χ2n) is 4.27. The van der Waals surface area contributed by atoms with Crippen molar-refractivity contribution in [3.63, 3.8) is 0 Å². The Kier molecular flexibility index (Phi) is 4.94. The van der Waals surface area contributed by atoms with Crippen LogP contribution in [0.4, 0.5) is 5.69 Å². The number of nitrogens with one attached hydrogen (secondary N) is 1. The first-order chi connectivity index (χ1) is 8.65. The van der Waals surface area contributed by atoms with Crippen molar-refractivity contribution in [2.75, 3.05) is 19.8 Å². The van der Waals surface area contributed by atoms with Crippen LogP contribution in [-0.4, -0.2) is 39.4 Å². The molecular formula is C11H16BrN3O3S. The van der Waals surface area contributed by atoms with Crippen LogP contribution in [0.15, 0.2) is 27.6 Å². The summed E-state index contributed by atoms with van der Waals surface area (Å²) >= 11 is 3.15. The molecule has 0 aliphatic rings. The van der Waals surface area contributed by atoms with Crippen LogP contribution < -0.4 is 10.5 Å². The Bertz CT molecular complexity index is 587. The Morgan fingerprint density at radius 2 is 2.00 bits per heavy atom. The van der Waals surface area contributed by atoms with E-state index in [1.54, 1.807) is 26.2 Å². The summed E-state index contributed by atoms with van der Waals surface area (Å²) in [6, 6.07) is 3.60. The maximum atomic E-state index is 12.2. The smallest absolute Gasteiger partial charge is 0.242 e. The molecule has 1 rings (SSSR count). The van der Waals surface area contributed by atoms with E-state index in [-0.39, 0.29) is 10.8 Å². The summed E-state index contributed by atoms with van der Waals surface area (Å²) in [6.45, 7) is 1.49. The zero-order valence-electron chi connectivity index (χ0n) is 10.8. The van der Waals surface area contributed by atoms with E-state index >= 15 is 0 Å². The van der Waals surface area contributed by atoms with Gasteiger partial charge in [-0.2, -0.15) is 4.72 Å². The quantitative estimate of drug-likeness (QED) is 0.785. The molecule has 8 heteroatoms.